The molecule has 1 aliphatic rings. The lowest BCUT2D eigenvalue weighted by molar-refractivity contribution is -0.123. The molecule has 1 aromatic heterocycles. The van der Waals surface area contributed by atoms with E-state index in [1.165, 1.54) is 4.90 Å². The van der Waals surface area contributed by atoms with Crippen LogP contribution in [0.5, 0.6) is 5.75 Å². The van der Waals surface area contributed by atoms with Crippen LogP contribution in [-0.2, 0) is 4.79 Å². The molecule has 2 aromatic carbocycles. The van der Waals surface area contributed by atoms with Crippen molar-refractivity contribution < 1.29 is 18.7 Å². The van der Waals surface area contributed by atoms with Gasteiger partial charge in [-0.15, -0.1) is 0 Å². The number of rotatable bonds is 6. The van der Waals surface area contributed by atoms with Crippen LogP contribution < -0.4 is 4.74 Å². The van der Waals surface area contributed by atoms with E-state index in [1.807, 2.05) is 30.3 Å². The number of hydrogen-bond donors (Lipinski definition) is 0. The number of carbonyl (C=O) groups is 2. The monoisotopic (exact) mass is 551 g/mol. The molecular weight excluding hydrogens is 537 g/mol. The van der Waals surface area contributed by atoms with Crippen LogP contribution in [0.4, 0.5) is 4.79 Å². The number of ether oxygens (including phenoxy) is 1. The SMILES string of the molecule is O=C1S/C(=C\c2ccc(-c3ccc(I)cc3)o2)C(=O)N1CCOc1ccc(Cl)cc1. The molecule has 0 unspecified atom stereocenters. The Morgan fingerprint density at radius 3 is 2.50 bits per heavy atom. The summed E-state index contributed by atoms with van der Waals surface area (Å²) in [5.74, 6) is 1.50. The number of carbonyl (C=O) groups excluding carboxylic acids is 2. The van der Waals surface area contributed by atoms with Crippen LogP contribution in [0.3, 0.4) is 0 Å². The van der Waals surface area contributed by atoms with E-state index in [0.29, 0.717) is 27.2 Å². The van der Waals surface area contributed by atoms with Crippen molar-refractivity contribution in [3.63, 3.8) is 0 Å². The minimum Gasteiger partial charge on any atom is -0.492 e. The van der Waals surface area contributed by atoms with Gasteiger partial charge < -0.3 is 9.15 Å². The summed E-state index contributed by atoms with van der Waals surface area (Å²) in [5, 5.41) is 0.289. The average Bonchev–Trinajstić information content (AvgIpc) is 3.30. The molecule has 0 aliphatic carbocycles. The fraction of sp³-hybridized carbons (Fsp3) is 0.0909. The standard InChI is InChI=1S/C22H15ClINO4S/c23-15-3-7-17(8-4-15)28-12-11-25-21(26)20(30-22(25)27)13-18-9-10-19(29-18)14-1-5-16(24)6-2-14/h1-10,13H,11-12H2/b20-13-. The lowest BCUT2D eigenvalue weighted by Crippen LogP contribution is -2.32. The zero-order valence-electron chi connectivity index (χ0n) is 15.5. The summed E-state index contributed by atoms with van der Waals surface area (Å²) < 4.78 is 12.5. The van der Waals surface area contributed by atoms with Crippen LogP contribution in [0.1, 0.15) is 5.76 Å². The third-order valence-corrected chi connectivity index (χ3v) is 6.18. The van der Waals surface area contributed by atoms with E-state index in [9.17, 15) is 9.59 Å². The molecule has 1 fully saturated rings. The molecule has 0 N–H and O–H groups in total. The van der Waals surface area contributed by atoms with Gasteiger partial charge >= 0.3 is 0 Å². The first kappa shape index (κ1) is 21.0. The van der Waals surface area contributed by atoms with Crippen molar-refractivity contribution in [3.05, 3.63) is 79.9 Å². The predicted molar refractivity (Wildman–Crippen MR) is 126 cm³/mol. The van der Waals surface area contributed by atoms with E-state index in [1.54, 1.807) is 36.4 Å². The van der Waals surface area contributed by atoms with Crippen LogP contribution in [0, 0.1) is 3.57 Å². The Morgan fingerprint density at radius 2 is 1.77 bits per heavy atom. The minimum atomic E-state index is -0.350. The topological polar surface area (TPSA) is 59.8 Å². The summed E-state index contributed by atoms with van der Waals surface area (Å²) in [7, 11) is 0. The van der Waals surface area contributed by atoms with Crippen LogP contribution in [0.2, 0.25) is 5.02 Å². The molecule has 2 amide bonds. The summed E-state index contributed by atoms with van der Waals surface area (Å²) >= 11 is 8.98. The van der Waals surface area contributed by atoms with Gasteiger partial charge in [-0.1, -0.05) is 23.7 Å². The molecule has 8 heteroatoms. The Morgan fingerprint density at radius 1 is 1.03 bits per heavy atom. The van der Waals surface area contributed by atoms with Crippen LogP contribution in [0.15, 0.2) is 70.0 Å². The van der Waals surface area contributed by atoms with E-state index in [4.69, 9.17) is 20.8 Å². The normalized spacial score (nSPS) is 15.3. The summed E-state index contributed by atoms with van der Waals surface area (Å²) in [6, 6.07) is 18.5. The molecule has 0 radical (unpaired) electrons. The maximum absolute atomic E-state index is 12.6. The second-order valence-corrected chi connectivity index (χ2v) is 9.02. The van der Waals surface area contributed by atoms with Gasteiger partial charge in [0, 0.05) is 20.2 Å². The molecule has 3 aromatic rings. The summed E-state index contributed by atoms with van der Waals surface area (Å²) in [6.45, 7) is 0.362. The Hall–Kier alpha value is -2.23. The zero-order valence-corrected chi connectivity index (χ0v) is 19.2. The van der Waals surface area contributed by atoms with Crippen molar-refractivity contribution in [3.8, 4) is 17.1 Å². The van der Waals surface area contributed by atoms with Crippen molar-refractivity contribution in [1.82, 2.24) is 4.90 Å². The van der Waals surface area contributed by atoms with Gasteiger partial charge in [-0.3, -0.25) is 14.5 Å². The number of nitrogens with zero attached hydrogens (tertiary/aromatic N) is 1. The van der Waals surface area contributed by atoms with Crippen molar-refractivity contribution >= 4 is 63.2 Å². The Kier molecular flexibility index (Phi) is 6.50. The maximum atomic E-state index is 12.6. The van der Waals surface area contributed by atoms with E-state index < -0.39 is 0 Å². The highest BCUT2D eigenvalue weighted by molar-refractivity contribution is 14.1. The second-order valence-electron chi connectivity index (χ2n) is 6.34. The van der Waals surface area contributed by atoms with Crippen molar-refractivity contribution in [1.29, 1.82) is 0 Å². The molecule has 1 saturated heterocycles. The van der Waals surface area contributed by atoms with Crippen LogP contribution >= 0.6 is 46.0 Å². The van der Waals surface area contributed by atoms with Gasteiger partial charge in [0.25, 0.3) is 11.1 Å². The molecule has 0 atom stereocenters. The highest BCUT2D eigenvalue weighted by Crippen LogP contribution is 2.33. The number of amides is 2. The number of imide groups is 1. The largest absolute Gasteiger partial charge is 0.492 e. The minimum absolute atomic E-state index is 0.163. The highest BCUT2D eigenvalue weighted by Gasteiger charge is 2.35. The van der Waals surface area contributed by atoms with Crippen molar-refractivity contribution in [2.45, 2.75) is 0 Å². The van der Waals surface area contributed by atoms with Crippen molar-refractivity contribution in [2.24, 2.45) is 0 Å². The van der Waals surface area contributed by atoms with Gasteiger partial charge in [0.2, 0.25) is 0 Å². The molecule has 2 heterocycles. The van der Waals surface area contributed by atoms with Gasteiger partial charge in [0.15, 0.2) is 0 Å². The predicted octanol–water partition coefficient (Wildman–Crippen LogP) is 6.32. The molecule has 5 nitrogen and oxygen atoms in total. The average molecular weight is 552 g/mol. The zero-order chi connectivity index (χ0) is 21.1. The fourth-order valence-electron chi connectivity index (χ4n) is 2.81. The molecular formula is C22H15ClINO4S. The van der Waals surface area contributed by atoms with Crippen molar-refractivity contribution in [2.75, 3.05) is 13.2 Å². The van der Waals surface area contributed by atoms with E-state index in [2.05, 4.69) is 22.6 Å². The van der Waals surface area contributed by atoms with Gasteiger partial charge in [-0.2, -0.15) is 0 Å². The van der Waals surface area contributed by atoms with Gasteiger partial charge in [-0.05, 0) is 82.9 Å². The first-order valence-electron chi connectivity index (χ1n) is 8.99. The first-order chi connectivity index (χ1) is 14.5. The molecule has 4 rings (SSSR count). The number of benzene rings is 2. The van der Waals surface area contributed by atoms with E-state index in [0.717, 1.165) is 20.9 Å². The lowest BCUT2D eigenvalue weighted by atomic mass is 10.2. The smallest absolute Gasteiger partial charge is 0.293 e. The van der Waals surface area contributed by atoms with E-state index >= 15 is 0 Å². The molecule has 1 aliphatic heterocycles. The molecule has 0 saturated carbocycles. The Balaban J connectivity index is 1.40. The Bertz CT molecular complexity index is 1110. The number of furan rings is 1. The number of hydrogen-bond acceptors (Lipinski definition) is 5. The third-order valence-electron chi connectivity index (χ3n) is 4.30. The van der Waals surface area contributed by atoms with Gasteiger partial charge in [0.1, 0.15) is 23.9 Å². The number of halogens is 2. The maximum Gasteiger partial charge on any atom is 0.293 e. The summed E-state index contributed by atoms with van der Waals surface area (Å²) in [6.07, 6.45) is 1.60. The summed E-state index contributed by atoms with van der Waals surface area (Å²) in [4.78, 5) is 26.4. The fourth-order valence-corrected chi connectivity index (χ4v) is 4.14. The molecule has 0 bridgehead atoms. The van der Waals surface area contributed by atoms with Crippen LogP contribution in [-0.4, -0.2) is 29.2 Å². The second kappa shape index (κ2) is 9.28. The Labute approximate surface area is 196 Å². The van der Waals surface area contributed by atoms with E-state index in [-0.39, 0.29) is 24.3 Å². The van der Waals surface area contributed by atoms with Gasteiger partial charge in [0.05, 0.1) is 11.4 Å². The van der Waals surface area contributed by atoms with Crippen LogP contribution in [0.25, 0.3) is 17.4 Å². The number of thioether (sulfide) groups is 1. The molecule has 30 heavy (non-hydrogen) atoms. The van der Waals surface area contributed by atoms with Gasteiger partial charge in [-0.25, -0.2) is 0 Å². The molecule has 0 spiro atoms. The first-order valence-corrected chi connectivity index (χ1v) is 11.3. The summed E-state index contributed by atoms with van der Waals surface area (Å²) in [5.41, 5.74) is 0.947. The quantitative estimate of drug-likeness (QED) is 0.265. The third kappa shape index (κ3) is 4.91. The lowest BCUT2D eigenvalue weighted by Gasteiger charge is -2.13. The highest BCUT2D eigenvalue weighted by atomic mass is 127. The molecule has 152 valence electrons.